The molecule has 0 radical (unpaired) electrons. The number of nitrogens with zero attached hydrogens (tertiary/aromatic N) is 4. The lowest BCUT2D eigenvalue weighted by Gasteiger charge is -2.17. The number of rotatable bonds is 4. The molecule has 0 unspecified atom stereocenters. The number of hydrogen-bond donors (Lipinski definition) is 0. The van der Waals surface area contributed by atoms with Gasteiger partial charge in [-0.15, -0.1) is 0 Å². The molecular formula is C34H22N4. The lowest BCUT2D eigenvalue weighted by atomic mass is 9.88. The maximum Gasteiger partial charge on any atom is 0.0893 e. The third-order valence-corrected chi connectivity index (χ3v) is 6.80. The summed E-state index contributed by atoms with van der Waals surface area (Å²) in [6, 6.07) is 41.2. The van der Waals surface area contributed by atoms with Crippen LogP contribution < -0.4 is 0 Å². The first-order valence-electron chi connectivity index (χ1n) is 12.6. The highest BCUT2D eigenvalue weighted by Gasteiger charge is 2.18. The molecule has 0 amide bonds. The molecule has 7 aromatic rings. The fraction of sp³-hybridized carbons (Fsp3) is 0. The second-order valence-corrected chi connectivity index (χ2v) is 9.09. The third-order valence-electron chi connectivity index (χ3n) is 6.80. The van der Waals surface area contributed by atoms with Crippen LogP contribution in [-0.4, -0.2) is 19.9 Å². The van der Waals surface area contributed by atoms with Gasteiger partial charge in [0.2, 0.25) is 0 Å². The molecule has 0 fully saturated rings. The van der Waals surface area contributed by atoms with E-state index in [1.54, 1.807) is 12.4 Å². The average Bonchev–Trinajstić information content (AvgIpc) is 3.01. The molecule has 178 valence electrons. The van der Waals surface area contributed by atoms with E-state index in [9.17, 15) is 0 Å². The summed E-state index contributed by atoms with van der Waals surface area (Å²) in [5.74, 6) is 0. The highest BCUT2D eigenvalue weighted by atomic mass is 14.8. The summed E-state index contributed by atoms with van der Waals surface area (Å²) < 4.78 is 0. The molecule has 3 aromatic carbocycles. The van der Waals surface area contributed by atoms with Gasteiger partial charge in [-0.2, -0.15) is 0 Å². The Bertz CT molecular complexity index is 1720. The molecule has 7 rings (SSSR count). The zero-order chi connectivity index (χ0) is 25.3. The van der Waals surface area contributed by atoms with E-state index in [1.807, 2.05) is 48.5 Å². The number of benzene rings is 3. The van der Waals surface area contributed by atoms with Gasteiger partial charge in [-0.25, -0.2) is 9.97 Å². The van der Waals surface area contributed by atoms with E-state index in [0.29, 0.717) is 0 Å². The second kappa shape index (κ2) is 9.34. The van der Waals surface area contributed by atoms with Crippen molar-refractivity contribution in [2.45, 2.75) is 0 Å². The molecule has 0 aliphatic rings. The maximum absolute atomic E-state index is 5.08. The molecular weight excluding hydrogens is 464 g/mol. The summed E-state index contributed by atoms with van der Waals surface area (Å²) in [6.45, 7) is 0. The van der Waals surface area contributed by atoms with Crippen LogP contribution in [0.2, 0.25) is 0 Å². The van der Waals surface area contributed by atoms with E-state index >= 15 is 0 Å². The van der Waals surface area contributed by atoms with Gasteiger partial charge in [0, 0.05) is 23.5 Å². The maximum atomic E-state index is 5.08. The fourth-order valence-electron chi connectivity index (χ4n) is 5.14. The Morgan fingerprint density at radius 3 is 1.00 bits per heavy atom. The number of pyridine rings is 4. The smallest absolute Gasteiger partial charge is 0.0893 e. The molecule has 4 heteroatoms. The van der Waals surface area contributed by atoms with Crippen LogP contribution in [0.3, 0.4) is 0 Å². The molecule has 4 heterocycles. The Kier molecular flexibility index (Phi) is 5.41. The second-order valence-electron chi connectivity index (χ2n) is 9.09. The van der Waals surface area contributed by atoms with Crippen LogP contribution in [0.4, 0.5) is 0 Å². The van der Waals surface area contributed by atoms with Gasteiger partial charge < -0.3 is 0 Å². The topological polar surface area (TPSA) is 51.6 Å². The van der Waals surface area contributed by atoms with Gasteiger partial charge in [-0.1, -0.05) is 72.8 Å². The standard InChI is InChI=1S/C34H22N4/c1-2-12-24-23(11-1)33(31-19-9-17-29(37-31)27-15-5-7-21-35-27)25-13-3-4-14-26(25)34(24)32-20-10-18-30(38-32)28-16-6-8-22-36-28/h1-22H. The van der Waals surface area contributed by atoms with Crippen molar-refractivity contribution in [1.82, 2.24) is 19.9 Å². The molecule has 4 aromatic heterocycles. The normalized spacial score (nSPS) is 11.2. The zero-order valence-corrected chi connectivity index (χ0v) is 20.5. The average molecular weight is 487 g/mol. The van der Waals surface area contributed by atoms with Gasteiger partial charge in [0.25, 0.3) is 0 Å². The van der Waals surface area contributed by atoms with Crippen molar-refractivity contribution in [2.24, 2.45) is 0 Å². The molecule has 38 heavy (non-hydrogen) atoms. The van der Waals surface area contributed by atoms with E-state index in [1.165, 1.54) is 0 Å². The molecule has 0 aliphatic carbocycles. The van der Waals surface area contributed by atoms with Gasteiger partial charge in [0.15, 0.2) is 0 Å². The van der Waals surface area contributed by atoms with Crippen molar-refractivity contribution in [3.05, 3.63) is 134 Å². The Hall–Kier alpha value is -5.22. The summed E-state index contributed by atoms with van der Waals surface area (Å²) in [6.07, 6.45) is 3.60. The minimum absolute atomic E-state index is 0.852. The quantitative estimate of drug-likeness (QED) is 0.235. The first-order valence-corrected chi connectivity index (χ1v) is 12.6. The van der Waals surface area contributed by atoms with Crippen molar-refractivity contribution in [1.29, 1.82) is 0 Å². The summed E-state index contributed by atoms with van der Waals surface area (Å²) in [5.41, 5.74) is 7.47. The van der Waals surface area contributed by atoms with Crippen LogP contribution in [0.15, 0.2) is 134 Å². The molecule has 0 N–H and O–H groups in total. The van der Waals surface area contributed by atoms with Crippen LogP contribution in [0.25, 0.3) is 66.8 Å². The summed E-state index contributed by atoms with van der Waals surface area (Å²) in [5, 5.41) is 4.54. The lowest BCUT2D eigenvalue weighted by Crippen LogP contribution is -1.95. The van der Waals surface area contributed by atoms with E-state index in [4.69, 9.17) is 9.97 Å². The fourth-order valence-corrected chi connectivity index (χ4v) is 5.14. The third kappa shape index (κ3) is 3.80. The van der Waals surface area contributed by atoms with Crippen LogP contribution in [0.1, 0.15) is 0 Å². The van der Waals surface area contributed by atoms with Crippen molar-refractivity contribution in [2.75, 3.05) is 0 Å². The molecule has 0 atom stereocenters. The minimum Gasteiger partial charge on any atom is -0.255 e. The SMILES string of the molecule is c1ccc(-c2cccc(-c3c4ccccc4c(-c4cccc(-c5ccccn5)n4)c4ccccc34)n2)nc1. The first kappa shape index (κ1) is 22.0. The Labute approximate surface area is 220 Å². The van der Waals surface area contributed by atoms with E-state index < -0.39 is 0 Å². The Morgan fingerprint density at radius 1 is 0.289 bits per heavy atom. The number of hydrogen-bond acceptors (Lipinski definition) is 4. The first-order chi connectivity index (χ1) is 18.9. The van der Waals surface area contributed by atoms with Gasteiger partial charge in [-0.3, -0.25) is 9.97 Å². The van der Waals surface area contributed by atoms with Crippen LogP contribution in [0, 0.1) is 0 Å². The molecule has 0 aliphatic heterocycles. The van der Waals surface area contributed by atoms with Crippen molar-refractivity contribution in [3.8, 4) is 45.3 Å². The molecule has 0 saturated heterocycles. The summed E-state index contributed by atoms with van der Waals surface area (Å²) >= 11 is 0. The predicted molar refractivity (Wildman–Crippen MR) is 154 cm³/mol. The predicted octanol–water partition coefficient (Wildman–Crippen LogP) is 8.24. The summed E-state index contributed by atoms with van der Waals surface area (Å²) in [7, 11) is 0. The number of fused-ring (bicyclic) bond motifs is 2. The van der Waals surface area contributed by atoms with E-state index in [2.05, 4.69) is 82.8 Å². The van der Waals surface area contributed by atoms with E-state index in [0.717, 1.165) is 66.8 Å². The van der Waals surface area contributed by atoms with Crippen LogP contribution in [0.5, 0.6) is 0 Å². The van der Waals surface area contributed by atoms with Gasteiger partial charge in [0.1, 0.15) is 0 Å². The number of aromatic nitrogens is 4. The van der Waals surface area contributed by atoms with Crippen LogP contribution >= 0.6 is 0 Å². The highest BCUT2D eigenvalue weighted by molar-refractivity contribution is 6.20. The van der Waals surface area contributed by atoms with Crippen molar-refractivity contribution >= 4 is 21.5 Å². The Morgan fingerprint density at radius 2 is 0.632 bits per heavy atom. The van der Waals surface area contributed by atoms with Crippen LogP contribution in [-0.2, 0) is 0 Å². The molecule has 0 bridgehead atoms. The molecule has 4 nitrogen and oxygen atoms in total. The van der Waals surface area contributed by atoms with Crippen molar-refractivity contribution in [3.63, 3.8) is 0 Å². The molecule has 0 saturated carbocycles. The minimum atomic E-state index is 0.852. The molecule has 0 spiro atoms. The van der Waals surface area contributed by atoms with Gasteiger partial charge in [0.05, 0.1) is 34.2 Å². The van der Waals surface area contributed by atoms with Gasteiger partial charge >= 0.3 is 0 Å². The highest BCUT2D eigenvalue weighted by Crippen LogP contribution is 2.43. The lowest BCUT2D eigenvalue weighted by molar-refractivity contribution is 1.25. The van der Waals surface area contributed by atoms with E-state index in [-0.39, 0.29) is 0 Å². The zero-order valence-electron chi connectivity index (χ0n) is 20.5. The monoisotopic (exact) mass is 486 g/mol. The largest absolute Gasteiger partial charge is 0.255 e. The summed E-state index contributed by atoms with van der Waals surface area (Å²) in [4.78, 5) is 19.2. The van der Waals surface area contributed by atoms with Crippen molar-refractivity contribution < 1.29 is 0 Å². The van der Waals surface area contributed by atoms with Gasteiger partial charge in [-0.05, 0) is 70.1 Å². The Balaban J connectivity index is 1.51.